The summed E-state index contributed by atoms with van der Waals surface area (Å²) in [7, 11) is 1.93. The molecule has 1 aromatic carbocycles. The molecule has 5 heteroatoms. The molecule has 1 aliphatic rings. The molecule has 0 bridgehead atoms. The summed E-state index contributed by atoms with van der Waals surface area (Å²) in [4.78, 5) is 14.1. The van der Waals surface area contributed by atoms with Crippen LogP contribution in [-0.4, -0.2) is 42.7 Å². The summed E-state index contributed by atoms with van der Waals surface area (Å²) in [6.45, 7) is 2.02. The van der Waals surface area contributed by atoms with Crippen molar-refractivity contribution in [1.82, 2.24) is 10.2 Å². The van der Waals surface area contributed by atoms with E-state index in [-0.39, 0.29) is 5.91 Å². The maximum Gasteiger partial charge on any atom is 0.232 e. The molecular weight excluding hydrogens is 292 g/mol. The Morgan fingerprint density at radius 1 is 1.45 bits per heavy atom. The van der Waals surface area contributed by atoms with Gasteiger partial charge in [0.1, 0.15) is 0 Å². The van der Waals surface area contributed by atoms with Crippen LogP contribution >= 0.6 is 23.4 Å². The zero-order chi connectivity index (χ0) is 14.4. The lowest BCUT2D eigenvalue weighted by molar-refractivity contribution is -0.129. The summed E-state index contributed by atoms with van der Waals surface area (Å²) in [6.07, 6.45) is 2.11. The van der Waals surface area contributed by atoms with E-state index in [9.17, 15) is 4.79 Å². The number of hydrogen-bond donors (Lipinski definition) is 1. The average molecular weight is 313 g/mol. The van der Waals surface area contributed by atoms with Gasteiger partial charge in [-0.2, -0.15) is 0 Å². The van der Waals surface area contributed by atoms with E-state index in [1.54, 1.807) is 11.8 Å². The zero-order valence-electron chi connectivity index (χ0n) is 11.8. The van der Waals surface area contributed by atoms with Crippen LogP contribution < -0.4 is 5.32 Å². The van der Waals surface area contributed by atoms with Crippen molar-refractivity contribution in [2.75, 3.05) is 25.9 Å². The maximum atomic E-state index is 12.2. The minimum Gasteiger partial charge on any atom is -0.342 e. The summed E-state index contributed by atoms with van der Waals surface area (Å²) >= 11 is 7.60. The van der Waals surface area contributed by atoms with Crippen LogP contribution in [0.3, 0.4) is 0 Å². The van der Waals surface area contributed by atoms with Gasteiger partial charge in [-0.25, -0.2) is 0 Å². The van der Waals surface area contributed by atoms with E-state index in [0.29, 0.717) is 11.8 Å². The molecule has 1 aliphatic heterocycles. The molecule has 3 nitrogen and oxygen atoms in total. The Labute approximate surface area is 130 Å². The number of halogens is 1. The van der Waals surface area contributed by atoms with E-state index in [2.05, 4.69) is 5.32 Å². The van der Waals surface area contributed by atoms with Crippen LogP contribution in [0, 0.1) is 0 Å². The minimum atomic E-state index is 0.226. The fourth-order valence-corrected chi connectivity index (χ4v) is 3.49. The van der Waals surface area contributed by atoms with Crippen LogP contribution in [0.5, 0.6) is 0 Å². The van der Waals surface area contributed by atoms with Gasteiger partial charge in [0, 0.05) is 23.9 Å². The number of rotatable bonds is 5. The van der Waals surface area contributed by atoms with Gasteiger partial charge in [0.25, 0.3) is 0 Å². The third-order valence-corrected chi connectivity index (χ3v) is 4.86. The van der Waals surface area contributed by atoms with E-state index in [1.165, 1.54) is 5.56 Å². The van der Waals surface area contributed by atoms with Crippen molar-refractivity contribution in [3.05, 3.63) is 34.9 Å². The SMILES string of the molecule is CN(C(=O)CSCc1cccc(Cl)c1)C1CCNCC1. The summed E-state index contributed by atoms with van der Waals surface area (Å²) in [5, 5.41) is 4.07. The van der Waals surface area contributed by atoms with E-state index < -0.39 is 0 Å². The van der Waals surface area contributed by atoms with Crippen molar-refractivity contribution in [3.63, 3.8) is 0 Å². The van der Waals surface area contributed by atoms with Gasteiger partial charge in [0.2, 0.25) is 5.91 Å². The van der Waals surface area contributed by atoms with Crippen molar-refractivity contribution in [2.24, 2.45) is 0 Å². The Hall–Kier alpha value is -0.710. The first-order chi connectivity index (χ1) is 9.66. The molecule has 20 heavy (non-hydrogen) atoms. The van der Waals surface area contributed by atoms with E-state index >= 15 is 0 Å². The first-order valence-corrected chi connectivity index (χ1v) is 8.48. The van der Waals surface area contributed by atoms with Gasteiger partial charge in [0.15, 0.2) is 0 Å². The van der Waals surface area contributed by atoms with Crippen molar-refractivity contribution < 1.29 is 4.79 Å². The molecule has 2 rings (SSSR count). The molecule has 1 amide bonds. The monoisotopic (exact) mass is 312 g/mol. The topological polar surface area (TPSA) is 32.3 Å². The van der Waals surface area contributed by atoms with Gasteiger partial charge in [-0.1, -0.05) is 23.7 Å². The quantitative estimate of drug-likeness (QED) is 0.907. The number of hydrogen-bond acceptors (Lipinski definition) is 3. The number of thioether (sulfide) groups is 1. The highest BCUT2D eigenvalue weighted by molar-refractivity contribution is 7.99. The molecule has 1 N–H and O–H groups in total. The molecule has 1 fully saturated rings. The van der Waals surface area contributed by atoms with Crippen LogP contribution in [0.15, 0.2) is 24.3 Å². The normalized spacial score (nSPS) is 16.1. The molecule has 0 aromatic heterocycles. The van der Waals surface area contributed by atoms with Crippen molar-refractivity contribution in [3.8, 4) is 0 Å². The average Bonchev–Trinajstić information content (AvgIpc) is 2.47. The summed E-state index contributed by atoms with van der Waals surface area (Å²) < 4.78 is 0. The Morgan fingerprint density at radius 2 is 2.20 bits per heavy atom. The van der Waals surface area contributed by atoms with Gasteiger partial charge in [-0.15, -0.1) is 11.8 Å². The van der Waals surface area contributed by atoms with Crippen LogP contribution in [0.2, 0.25) is 5.02 Å². The van der Waals surface area contributed by atoms with Gasteiger partial charge in [-0.05, 0) is 43.6 Å². The van der Waals surface area contributed by atoms with Crippen LogP contribution in [0.25, 0.3) is 0 Å². The summed E-state index contributed by atoms with van der Waals surface area (Å²) in [6, 6.07) is 8.21. The van der Waals surface area contributed by atoms with Gasteiger partial charge in [0.05, 0.1) is 5.75 Å². The van der Waals surface area contributed by atoms with Gasteiger partial charge >= 0.3 is 0 Å². The third kappa shape index (κ3) is 4.69. The second-order valence-electron chi connectivity index (χ2n) is 5.11. The molecule has 110 valence electrons. The molecule has 1 aromatic rings. The molecule has 0 spiro atoms. The molecular formula is C15H21ClN2OS. The van der Waals surface area contributed by atoms with E-state index in [1.807, 2.05) is 36.2 Å². The number of nitrogens with one attached hydrogen (secondary N) is 1. The van der Waals surface area contributed by atoms with Gasteiger partial charge < -0.3 is 10.2 Å². The van der Waals surface area contributed by atoms with Crippen molar-refractivity contribution >= 4 is 29.3 Å². The number of carbonyl (C=O) groups is 1. The Morgan fingerprint density at radius 3 is 2.90 bits per heavy atom. The molecule has 0 unspecified atom stereocenters. The Bertz CT molecular complexity index is 449. The Kier molecular flexibility index (Phi) is 6.20. The van der Waals surface area contributed by atoms with Crippen LogP contribution in [0.1, 0.15) is 18.4 Å². The summed E-state index contributed by atoms with van der Waals surface area (Å²) in [5.41, 5.74) is 1.17. The van der Waals surface area contributed by atoms with Crippen molar-refractivity contribution in [2.45, 2.75) is 24.6 Å². The highest BCUT2D eigenvalue weighted by Gasteiger charge is 2.21. The molecule has 0 radical (unpaired) electrons. The van der Waals surface area contributed by atoms with Crippen LogP contribution in [-0.2, 0) is 10.5 Å². The second kappa shape index (κ2) is 7.91. The lowest BCUT2D eigenvalue weighted by Gasteiger charge is -2.31. The number of piperidine rings is 1. The number of nitrogens with zero attached hydrogens (tertiary/aromatic N) is 1. The minimum absolute atomic E-state index is 0.226. The van der Waals surface area contributed by atoms with Crippen molar-refractivity contribution in [1.29, 1.82) is 0 Å². The molecule has 0 aliphatic carbocycles. The number of benzene rings is 1. The molecule has 0 atom stereocenters. The second-order valence-corrected chi connectivity index (χ2v) is 6.53. The maximum absolute atomic E-state index is 12.2. The first kappa shape index (κ1) is 15.7. The zero-order valence-corrected chi connectivity index (χ0v) is 13.3. The lowest BCUT2D eigenvalue weighted by atomic mass is 10.1. The highest BCUT2D eigenvalue weighted by atomic mass is 35.5. The third-order valence-electron chi connectivity index (χ3n) is 3.63. The Balaban J connectivity index is 1.74. The first-order valence-electron chi connectivity index (χ1n) is 6.95. The standard InChI is InChI=1S/C15H21ClN2OS/c1-18(14-5-7-17-8-6-14)15(19)11-20-10-12-3-2-4-13(16)9-12/h2-4,9,14,17H,5-8,10-11H2,1H3. The summed E-state index contributed by atoms with van der Waals surface area (Å²) in [5.74, 6) is 1.59. The fourth-order valence-electron chi connectivity index (χ4n) is 2.38. The lowest BCUT2D eigenvalue weighted by Crippen LogP contribution is -2.44. The van der Waals surface area contributed by atoms with Gasteiger partial charge in [-0.3, -0.25) is 4.79 Å². The predicted octanol–water partition coefficient (Wildman–Crippen LogP) is 2.78. The number of amides is 1. The molecule has 0 saturated carbocycles. The highest BCUT2D eigenvalue weighted by Crippen LogP contribution is 2.18. The molecule has 1 saturated heterocycles. The van der Waals surface area contributed by atoms with E-state index in [0.717, 1.165) is 36.7 Å². The van der Waals surface area contributed by atoms with E-state index in [4.69, 9.17) is 11.6 Å². The predicted molar refractivity (Wildman–Crippen MR) is 86.3 cm³/mol. The fraction of sp³-hybridized carbons (Fsp3) is 0.533. The van der Waals surface area contributed by atoms with Crippen LogP contribution in [0.4, 0.5) is 0 Å². The smallest absolute Gasteiger partial charge is 0.232 e. The number of carbonyl (C=O) groups excluding carboxylic acids is 1. The largest absolute Gasteiger partial charge is 0.342 e. The molecule has 1 heterocycles.